The maximum atomic E-state index is 11.1. The highest BCUT2D eigenvalue weighted by molar-refractivity contribution is 5.77. The fraction of sp³-hybridized carbons (Fsp3) is 0.947. The van der Waals surface area contributed by atoms with Crippen molar-refractivity contribution in [3.05, 3.63) is 0 Å². The normalized spacial score (nSPS) is 11.2. The van der Waals surface area contributed by atoms with Crippen molar-refractivity contribution in [2.24, 2.45) is 0 Å². The van der Waals surface area contributed by atoms with Gasteiger partial charge in [-0.05, 0) is 6.42 Å². The van der Waals surface area contributed by atoms with Crippen molar-refractivity contribution >= 4 is 5.78 Å². The SMILES string of the molecule is CCC(=O)CCCOCCOCCOCCOCCOCCOCCOC. The second-order valence-electron chi connectivity index (χ2n) is 5.66. The number of rotatable bonds is 23. The van der Waals surface area contributed by atoms with Gasteiger partial charge in [0.2, 0.25) is 0 Å². The summed E-state index contributed by atoms with van der Waals surface area (Å²) in [5.74, 6) is 0.284. The fourth-order valence-corrected chi connectivity index (χ4v) is 1.89. The molecule has 0 aliphatic rings. The quantitative estimate of drug-likeness (QED) is 0.241. The van der Waals surface area contributed by atoms with E-state index in [0.717, 1.165) is 6.42 Å². The van der Waals surface area contributed by atoms with Crippen molar-refractivity contribution in [2.75, 3.05) is 93.0 Å². The highest BCUT2D eigenvalue weighted by atomic mass is 16.6. The molecule has 0 radical (unpaired) electrons. The monoisotopic (exact) mass is 394 g/mol. The maximum Gasteiger partial charge on any atom is 0.132 e. The lowest BCUT2D eigenvalue weighted by atomic mass is 10.2. The summed E-state index contributed by atoms with van der Waals surface area (Å²) >= 11 is 0. The molecule has 0 fully saturated rings. The minimum atomic E-state index is 0.284. The van der Waals surface area contributed by atoms with Gasteiger partial charge in [-0.1, -0.05) is 6.92 Å². The predicted octanol–water partition coefficient (Wildman–Crippen LogP) is 1.49. The zero-order chi connectivity index (χ0) is 19.8. The zero-order valence-corrected chi connectivity index (χ0v) is 17.1. The third kappa shape index (κ3) is 23.4. The third-order valence-electron chi connectivity index (χ3n) is 3.43. The first-order valence-electron chi connectivity index (χ1n) is 9.78. The van der Waals surface area contributed by atoms with E-state index in [0.29, 0.717) is 98.7 Å². The van der Waals surface area contributed by atoms with E-state index in [9.17, 15) is 4.79 Å². The Labute approximate surface area is 163 Å². The number of ether oxygens (including phenoxy) is 7. The van der Waals surface area contributed by atoms with Crippen molar-refractivity contribution < 1.29 is 38.0 Å². The summed E-state index contributed by atoms with van der Waals surface area (Å²) in [5, 5.41) is 0. The van der Waals surface area contributed by atoms with Crippen molar-refractivity contribution in [1.82, 2.24) is 0 Å². The molecule has 0 saturated carbocycles. The largest absolute Gasteiger partial charge is 0.382 e. The van der Waals surface area contributed by atoms with E-state index >= 15 is 0 Å². The van der Waals surface area contributed by atoms with Crippen molar-refractivity contribution in [2.45, 2.75) is 26.2 Å². The molecular weight excluding hydrogens is 356 g/mol. The van der Waals surface area contributed by atoms with Crippen molar-refractivity contribution in [1.29, 1.82) is 0 Å². The number of methoxy groups -OCH3 is 1. The molecule has 0 atom stereocenters. The van der Waals surface area contributed by atoms with Crippen LogP contribution in [0.1, 0.15) is 26.2 Å². The molecule has 0 amide bonds. The van der Waals surface area contributed by atoms with Crippen LogP contribution in [-0.4, -0.2) is 98.8 Å². The van der Waals surface area contributed by atoms with Gasteiger partial charge < -0.3 is 33.2 Å². The van der Waals surface area contributed by atoms with E-state index < -0.39 is 0 Å². The van der Waals surface area contributed by atoms with Crippen LogP contribution in [0.25, 0.3) is 0 Å². The molecule has 0 aromatic carbocycles. The van der Waals surface area contributed by atoms with E-state index in [-0.39, 0.29) is 5.78 Å². The smallest absolute Gasteiger partial charge is 0.132 e. The summed E-state index contributed by atoms with van der Waals surface area (Å²) in [4.78, 5) is 11.1. The first-order valence-corrected chi connectivity index (χ1v) is 9.78. The second kappa shape index (κ2) is 23.4. The number of carbonyl (C=O) groups excluding carboxylic acids is 1. The summed E-state index contributed by atoms with van der Waals surface area (Å²) in [6.45, 7) is 9.09. The van der Waals surface area contributed by atoms with Crippen LogP contribution < -0.4 is 0 Å². The number of ketones is 1. The minimum absolute atomic E-state index is 0.284. The Morgan fingerprint density at radius 3 is 1.22 bits per heavy atom. The molecule has 0 saturated heterocycles. The Morgan fingerprint density at radius 2 is 0.889 bits per heavy atom. The van der Waals surface area contributed by atoms with E-state index in [1.165, 1.54) is 0 Å². The van der Waals surface area contributed by atoms with Gasteiger partial charge in [-0.25, -0.2) is 0 Å². The minimum Gasteiger partial charge on any atom is -0.382 e. The highest BCUT2D eigenvalue weighted by Crippen LogP contribution is 1.95. The molecule has 27 heavy (non-hydrogen) atoms. The summed E-state index contributed by atoms with van der Waals surface area (Å²) in [6, 6.07) is 0. The van der Waals surface area contributed by atoms with Gasteiger partial charge in [-0.2, -0.15) is 0 Å². The average Bonchev–Trinajstić information content (AvgIpc) is 2.68. The molecule has 162 valence electrons. The van der Waals surface area contributed by atoms with Crippen LogP contribution in [0.3, 0.4) is 0 Å². The summed E-state index contributed by atoms with van der Waals surface area (Å²) in [7, 11) is 1.64. The molecule has 0 aromatic heterocycles. The molecule has 8 heteroatoms. The van der Waals surface area contributed by atoms with E-state index in [1.54, 1.807) is 7.11 Å². The molecule has 0 aliphatic heterocycles. The van der Waals surface area contributed by atoms with E-state index in [4.69, 9.17) is 33.2 Å². The van der Waals surface area contributed by atoms with Gasteiger partial charge in [0.05, 0.1) is 79.3 Å². The maximum absolute atomic E-state index is 11.1. The average molecular weight is 395 g/mol. The van der Waals surface area contributed by atoms with Gasteiger partial charge in [0, 0.05) is 26.6 Å². The Balaban J connectivity index is 3.00. The highest BCUT2D eigenvalue weighted by Gasteiger charge is 1.98. The molecule has 0 bridgehead atoms. The van der Waals surface area contributed by atoms with Gasteiger partial charge in [0.15, 0.2) is 0 Å². The second-order valence-corrected chi connectivity index (χ2v) is 5.66. The standard InChI is InChI=1S/C19H38O8/c1-3-19(20)5-4-6-22-9-10-24-13-14-26-17-18-27-16-15-25-12-11-23-8-7-21-2/h3-18H2,1-2H3. The van der Waals surface area contributed by atoms with Crippen LogP contribution in [0.4, 0.5) is 0 Å². The van der Waals surface area contributed by atoms with E-state index in [2.05, 4.69) is 0 Å². The lowest BCUT2D eigenvalue weighted by molar-refractivity contribution is -0.119. The first-order chi connectivity index (χ1) is 13.3. The van der Waals surface area contributed by atoms with Gasteiger partial charge >= 0.3 is 0 Å². The molecule has 8 nitrogen and oxygen atoms in total. The van der Waals surface area contributed by atoms with Crippen LogP contribution in [-0.2, 0) is 38.0 Å². The lowest BCUT2D eigenvalue weighted by Crippen LogP contribution is -2.14. The first kappa shape index (κ1) is 26.4. The number of hydrogen-bond acceptors (Lipinski definition) is 8. The Hall–Kier alpha value is -0.610. The Kier molecular flexibility index (Phi) is 22.9. The molecule has 0 heterocycles. The molecular formula is C19H38O8. The Morgan fingerprint density at radius 1 is 0.556 bits per heavy atom. The van der Waals surface area contributed by atoms with Crippen LogP contribution in [0, 0.1) is 0 Å². The van der Waals surface area contributed by atoms with Crippen molar-refractivity contribution in [3.8, 4) is 0 Å². The van der Waals surface area contributed by atoms with Crippen LogP contribution in [0.5, 0.6) is 0 Å². The molecule has 0 aliphatic carbocycles. The lowest BCUT2D eigenvalue weighted by Gasteiger charge is -2.08. The number of hydrogen-bond donors (Lipinski definition) is 0. The van der Waals surface area contributed by atoms with Gasteiger partial charge in [0.25, 0.3) is 0 Å². The fourth-order valence-electron chi connectivity index (χ4n) is 1.89. The summed E-state index contributed by atoms with van der Waals surface area (Å²) < 4.78 is 37.1. The molecule has 0 N–H and O–H groups in total. The topological polar surface area (TPSA) is 81.7 Å². The molecule has 0 unspecified atom stereocenters. The summed E-state index contributed by atoms with van der Waals surface area (Å²) in [5.41, 5.74) is 0. The molecule has 0 spiro atoms. The van der Waals surface area contributed by atoms with E-state index in [1.807, 2.05) is 6.92 Å². The van der Waals surface area contributed by atoms with Crippen LogP contribution in [0.15, 0.2) is 0 Å². The van der Waals surface area contributed by atoms with Crippen molar-refractivity contribution in [3.63, 3.8) is 0 Å². The summed E-state index contributed by atoms with van der Waals surface area (Å²) in [6.07, 6.45) is 1.98. The molecule has 0 rings (SSSR count). The number of Topliss-reactive ketones (excluding diaryl/α,β-unsaturated/α-hetero) is 1. The van der Waals surface area contributed by atoms with Gasteiger partial charge in [0.1, 0.15) is 5.78 Å². The van der Waals surface area contributed by atoms with Crippen LogP contribution >= 0.6 is 0 Å². The predicted molar refractivity (Wildman–Crippen MR) is 101 cm³/mol. The number of carbonyl (C=O) groups is 1. The van der Waals surface area contributed by atoms with Crippen LogP contribution in [0.2, 0.25) is 0 Å². The van der Waals surface area contributed by atoms with Gasteiger partial charge in [-0.15, -0.1) is 0 Å². The third-order valence-corrected chi connectivity index (χ3v) is 3.43. The Bertz CT molecular complexity index is 301. The zero-order valence-electron chi connectivity index (χ0n) is 17.1. The van der Waals surface area contributed by atoms with Gasteiger partial charge in [-0.3, -0.25) is 4.79 Å². The molecule has 0 aromatic rings.